The van der Waals surface area contributed by atoms with Crippen molar-refractivity contribution in [1.29, 1.82) is 0 Å². The highest BCUT2D eigenvalue weighted by Crippen LogP contribution is 2.17. The average molecular weight is 262 g/mol. The predicted octanol–water partition coefficient (Wildman–Crippen LogP) is 0.672. The molecule has 98 valence electrons. The van der Waals surface area contributed by atoms with Crippen LogP contribution in [0.5, 0.6) is 0 Å². The van der Waals surface area contributed by atoms with E-state index < -0.39 is 16.3 Å². The van der Waals surface area contributed by atoms with Gasteiger partial charge >= 0.3 is 0 Å². The summed E-state index contributed by atoms with van der Waals surface area (Å²) in [7, 11) is 0.907. The van der Waals surface area contributed by atoms with Gasteiger partial charge in [-0.25, -0.2) is 0 Å². The lowest BCUT2D eigenvalue weighted by Gasteiger charge is -2.19. The van der Waals surface area contributed by atoms with Crippen molar-refractivity contribution in [3.8, 4) is 0 Å². The minimum atomic E-state index is -3.52. The molecule has 0 saturated carbocycles. The molecule has 0 spiro atoms. The highest BCUT2D eigenvalue weighted by Gasteiger charge is 2.23. The molecule has 0 aromatic carbocycles. The lowest BCUT2D eigenvalue weighted by Crippen LogP contribution is -2.39. The molecule has 0 unspecified atom stereocenters. The summed E-state index contributed by atoms with van der Waals surface area (Å²) >= 11 is 0. The highest BCUT2D eigenvalue weighted by molar-refractivity contribution is 7.87. The van der Waals surface area contributed by atoms with Gasteiger partial charge in [0.25, 0.3) is 10.2 Å². The molecule has 1 N–H and O–H groups in total. The van der Waals surface area contributed by atoms with Gasteiger partial charge in [0, 0.05) is 21.2 Å². The van der Waals surface area contributed by atoms with E-state index in [0.29, 0.717) is 5.76 Å². The Hall–Kier alpha value is -0.890. The number of methoxy groups -OCH3 is 1. The van der Waals surface area contributed by atoms with Crippen molar-refractivity contribution in [3.63, 3.8) is 0 Å². The summed E-state index contributed by atoms with van der Waals surface area (Å²) in [6.45, 7) is 2.01. The molecule has 0 bridgehead atoms. The third kappa shape index (κ3) is 3.81. The first-order valence-corrected chi connectivity index (χ1v) is 6.56. The van der Waals surface area contributed by atoms with Gasteiger partial charge in [0.2, 0.25) is 0 Å². The first-order chi connectivity index (χ1) is 7.86. The summed E-state index contributed by atoms with van der Waals surface area (Å²) in [5, 5.41) is 0. The van der Waals surface area contributed by atoms with E-state index in [9.17, 15) is 8.42 Å². The van der Waals surface area contributed by atoms with Crippen molar-refractivity contribution < 1.29 is 17.6 Å². The summed E-state index contributed by atoms with van der Waals surface area (Å²) in [4.78, 5) is 0. The van der Waals surface area contributed by atoms with Gasteiger partial charge in [-0.3, -0.25) is 0 Å². The molecule has 17 heavy (non-hydrogen) atoms. The number of ether oxygens (including phenoxy) is 1. The Labute approximate surface area is 102 Å². The van der Waals surface area contributed by atoms with Crippen molar-refractivity contribution >= 4 is 10.2 Å². The Morgan fingerprint density at radius 2 is 2.12 bits per heavy atom. The standard InChI is InChI=1S/C10H18N2O4S/c1-8-5-6-10(16-8)9(7-15-4)11-17(13,14)12(2)3/h5-6,9,11H,7H2,1-4H3/t9-/m0/s1. The first-order valence-electron chi connectivity index (χ1n) is 5.12. The largest absolute Gasteiger partial charge is 0.465 e. The summed E-state index contributed by atoms with van der Waals surface area (Å²) in [5.74, 6) is 1.26. The summed E-state index contributed by atoms with van der Waals surface area (Å²) in [6.07, 6.45) is 0. The third-order valence-electron chi connectivity index (χ3n) is 2.21. The van der Waals surface area contributed by atoms with Crippen molar-refractivity contribution in [1.82, 2.24) is 9.03 Å². The Bertz CT molecular complexity index is 453. The Kier molecular flexibility index (Phi) is 4.70. The van der Waals surface area contributed by atoms with Gasteiger partial charge in [-0.2, -0.15) is 17.4 Å². The number of aryl methyl sites for hydroxylation is 1. The monoisotopic (exact) mass is 262 g/mol. The molecule has 0 aliphatic carbocycles. The molecule has 1 aromatic rings. The molecule has 0 amide bonds. The van der Waals surface area contributed by atoms with Gasteiger partial charge in [-0.05, 0) is 19.1 Å². The van der Waals surface area contributed by atoms with Crippen LogP contribution in [0.4, 0.5) is 0 Å². The molecular weight excluding hydrogens is 244 g/mol. The SMILES string of the molecule is COC[C@H](NS(=O)(=O)N(C)C)c1ccc(C)o1. The van der Waals surface area contributed by atoms with Crippen molar-refractivity contribution in [2.24, 2.45) is 0 Å². The van der Waals surface area contributed by atoms with E-state index >= 15 is 0 Å². The molecule has 0 fully saturated rings. The number of nitrogens with zero attached hydrogens (tertiary/aromatic N) is 1. The number of hydrogen-bond acceptors (Lipinski definition) is 4. The fraction of sp³-hybridized carbons (Fsp3) is 0.600. The molecule has 0 aliphatic heterocycles. The number of nitrogens with one attached hydrogen (secondary N) is 1. The Morgan fingerprint density at radius 3 is 2.53 bits per heavy atom. The van der Waals surface area contributed by atoms with E-state index in [0.717, 1.165) is 10.1 Å². The van der Waals surface area contributed by atoms with E-state index in [-0.39, 0.29) is 6.61 Å². The second-order valence-corrected chi connectivity index (χ2v) is 5.78. The maximum atomic E-state index is 11.7. The normalized spacial score (nSPS) is 14.2. The van der Waals surface area contributed by atoms with E-state index in [2.05, 4.69) is 4.72 Å². The molecular formula is C10H18N2O4S. The predicted molar refractivity (Wildman–Crippen MR) is 63.8 cm³/mol. The van der Waals surface area contributed by atoms with Gasteiger partial charge < -0.3 is 9.15 Å². The lowest BCUT2D eigenvalue weighted by molar-refractivity contribution is 0.165. The highest BCUT2D eigenvalue weighted by atomic mass is 32.2. The van der Waals surface area contributed by atoms with Crippen LogP contribution >= 0.6 is 0 Å². The van der Waals surface area contributed by atoms with Crippen LogP contribution < -0.4 is 4.72 Å². The topological polar surface area (TPSA) is 71.8 Å². The number of furan rings is 1. The third-order valence-corrected chi connectivity index (χ3v) is 3.75. The van der Waals surface area contributed by atoms with Crippen LogP contribution in [0.15, 0.2) is 16.5 Å². The molecule has 1 aromatic heterocycles. The molecule has 0 saturated heterocycles. The van der Waals surface area contributed by atoms with Crippen molar-refractivity contribution in [2.45, 2.75) is 13.0 Å². The molecule has 7 heteroatoms. The van der Waals surface area contributed by atoms with Crippen LogP contribution in [0.25, 0.3) is 0 Å². The maximum absolute atomic E-state index is 11.7. The maximum Gasteiger partial charge on any atom is 0.279 e. The summed E-state index contributed by atoms with van der Waals surface area (Å²) < 4.78 is 37.4. The number of rotatable bonds is 6. The van der Waals surface area contributed by atoms with Gasteiger partial charge in [-0.1, -0.05) is 0 Å². The minimum Gasteiger partial charge on any atom is -0.465 e. The van der Waals surface area contributed by atoms with Gasteiger partial charge in [0.05, 0.1) is 6.61 Å². The van der Waals surface area contributed by atoms with E-state index in [1.807, 2.05) is 0 Å². The van der Waals surface area contributed by atoms with Gasteiger partial charge in [0.1, 0.15) is 17.6 Å². The number of hydrogen-bond donors (Lipinski definition) is 1. The second kappa shape index (κ2) is 5.63. The Morgan fingerprint density at radius 1 is 1.47 bits per heavy atom. The van der Waals surface area contributed by atoms with Crippen LogP contribution in [0.2, 0.25) is 0 Å². The van der Waals surface area contributed by atoms with Crippen LogP contribution in [0, 0.1) is 6.92 Å². The smallest absolute Gasteiger partial charge is 0.279 e. The fourth-order valence-corrected chi connectivity index (χ4v) is 2.02. The van der Waals surface area contributed by atoms with Crippen LogP contribution in [0.1, 0.15) is 17.6 Å². The van der Waals surface area contributed by atoms with Crippen LogP contribution in [-0.2, 0) is 14.9 Å². The van der Waals surface area contributed by atoms with Crippen LogP contribution in [-0.4, -0.2) is 40.5 Å². The van der Waals surface area contributed by atoms with Gasteiger partial charge in [0.15, 0.2) is 0 Å². The van der Waals surface area contributed by atoms with E-state index in [1.165, 1.54) is 21.2 Å². The molecule has 0 radical (unpaired) electrons. The quantitative estimate of drug-likeness (QED) is 0.818. The second-order valence-electron chi connectivity index (χ2n) is 3.86. The summed E-state index contributed by atoms with van der Waals surface area (Å²) in [6, 6.07) is 2.99. The molecule has 1 atom stereocenters. The average Bonchev–Trinajstić information content (AvgIpc) is 2.63. The lowest BCUT2D eigenvalue weighted by atomic mass is 10.2. The fourth-order valence-electron chi connectivity index (χ4n) is 1.27. The molecule has 0 aliphatic rings. The van der Waals surface area contributed by atoms with Gasteiger partial charge in [-0.15, -0.1) is 0 Å². The molecule has 6 nitrogen and oxygen atoms in total. The zero-order valence-corrected chi connectivity index (χ0v) is 11.2. The van der Waals surface area contributed by atoms with Crippen molar-refractivity contribution in [3.05, 3.63) is 23.7 Å². The van der Waals surface area contributed by atoms with E-state index in [1.54, 1.807) is 19.1 Å². The van der Waals surface area contributed by atoms with Crippen LogP contribution in [0.3, 0.4) is 0 Å². The van der Waals surface area contributed by atoms with Crippen molar-refractivity contribution in [2.75, 3.05) is 27.8 Å². The first kappa shape index (κ1) is 14.2. The summed E-state index contributed by atoms with van der Waals surface area (Å²) in [5.41, 5.74) is 0. The molecule has 1 heterocycles. The minimum absolute atomic E-state index is 0.208. The zero-order valence-electron chi connectivity index (χ0n) is 10.4. The zero-order chi connectivity index (χ0) is 13.1. The Balaban J connectivity index is 2.88. The van der Waals surface area contributed by atoms with E-state index in [4.69, 9.17) is 9.15 Å². The molecule has 1 rings (SSSR count).